The van der Waals surface area contributed by atoms with Crippen molar-refractivity contribution in [1.29, 1.82) is 0 Å². The van der Waals surface area contributed by atoms with E-state index in [4.69, 9.17) is 0 Å². The normalized spacial score (nSPS) is 27.4. The minimum atomic E-state index is -3.68. The summed E-state index contributed by atoms with van der Waals surface area (Å²) in [5.74, 6) is -0.254. The molecule has 3 atom stereocenters. The zero-order valence-electron chi connectivity index (χ0n) is 16.3. The minimum absolute atomic E-state index is 0.113. The predicted octanol–water partition coefficient (Wildman–Crippen LogP) is 2.35. The molecule has 8 heteroatoms. The van der Waals surface area contributed by atoms with Gasteiger partial charge in [-0.2, -0.15) is 4.31 Å². The van der Waals surface area contributed by atoms with E-state index in [0.29, 0.717) is 18.7 Å². The number of hydrogen-bond acceptors (Lipinski definition) is 5. The highest BCUT2D eigenvalue weighted by atomic mass is 32.2. The molecule has 7 nitrogen and oxygen atoms in total. The van der Waals surface area contributed by atoms with Crippen molar-refractivity contribution in [2.75, 3.05) is 18.4 Å². The molecular weight excluding hydrogens is 390 g/mol. The molecule has 1 saturated carbocycles. The number of pyridine rings is 1. The van der Waals surface area contributed by atoms with Crippen molar-refractivity contribution in [2.45, 2.75) is 36.7 Å². The summed E-state index contributed by atoms with van der Waals surface area (Å²) in [6, 6.07) is 9.86. The standard InChI is InChI=1S/C21H25N3O4S/c1-15(25)23-18-6-8-19(9-7-18)29(27,28)24-13-16-4-2-10-21(26,20(16)14-24)17-5-3-11-22-12-17/h3,5-9,11-12,16,20,26H,2,4,10,13-14H2,1H3,(H,23,25)/t16-,20+,21+/m0/s1. The van der Waals surface area contributed by atoms with Gasteiger partial charge in [0, 0.05) is 49.6 Å². The van der Waals surface area contributed by atoms with Crippen LogP contribution in [0.1, 0.15) is 31.7 Å². The number of hydrogen-bond donors (Lipinski definition) is 2. The molecule has 1 aliphatic heterocycles. The van der Waals surface area contributed by atoms with Gasteiger partial charge in [-0.05, 0) is 55.5 Å². The summed E-state index contributed by atoms with van der Waals surface area (Å²) >= 11 is 0. The second-order valence-electron chi connectivity index (χ2n) is 7.95. The SMILES string of the molecule is CC(=O)Nc1ccc(S(=O)(=O)N2C[C@@H]3CCC[C@@](O)(c4cccnc4)[C@@H]3C2)cc1. The van der Waals surface area contributed by atoms with Gasteiger partial charge in [-0.25, -0.2) is 8.42 Å². The van der Waals surface area contributed by atoms with Crippen LogP contribution < -0.4 is 5.32 Å². The van der Waals surface area contributed by atoms with E-state index in [0.717, 1.165) is 18.4 Å². The Balaban J connectivity index is 1.58. The van der Waals surface area contributed by atoms with Crippen molar-refractivity contribution in [3.8, 4) is 0 Å². The van der Waals surface area contributed by atoms with Gasteiger partial charge in [0.25, 0.3) is 0 Å². The quantitative estimate of drug-likeness (QED) is 0.799. The first kappa shape index (κ1) is 20.0. The number of aliphatic hydroxyl groups is 1. The lowest BCUT2D eigenvalue weighted by atomic mass is 9.68. The van der Waals surface area contributed by atoms with Crippen molar-refractivity contribution >= 4 is 21.6 Å². The molecule has 0 spiro atoms. The summed E-state index contributed by atoms with van der Waals surface area (Å²) in [4.78, 5) is 15.5. The van der Waals surface area contributed by atoms with Crippen LogP contribution in [0.3, 0.4) is 0 Å². The molecule has 2 aliphatic rings. The Morgan fingerprint density at radius 3 is 2.66 bits per heavy atom. The first-order chi connectivity index (χ1) is 13.8. The Morgan fingerprint density at radius 2 is 2.00 bits per heavy atom. The number of sulfonamides is 1. The van der Waals surface area contributed by atoms with E-state index >= 15 is 0 Å². The maximum atomic E-state index is 13.2. The van der Waals surface area contributed by atoms with E-state index < -0.39 is 15.6 Å². The van der Waals surface area contributed by atoms with Crippen LogP contribution in [0, 0.1) is 11.8 Å². The number of carbonyl (C=O) groups is 1. The minimum Gasteiger partial charge on any atom is -0.385 e. The van der Waals surface area contributed by atoms with Crippen molar-refractivity contribution in [2.24, 2.45) is 11.8 Å². The van der Waals surface area contributed by atoms with Crippen LogP contribution in [0.5, 0.6) is 0 Å². The number of rotatable bonds is 4. The second-order valence-corrected chi connectivity index (χ2v) is 9.89. The van der Waals surface area contributed by atoms with Crippen LogP contribution in [0.2, 0.25) is 0 Å². The van der Waals surface area contributed by atoms with Gasteiger partial charge in [-0.1, -0.05) is 6.07 Å². The Morgan fingerprint density at radius 1 is 1.24 bits per heavy atom. The van der Waals surface area contributed by atoms with E-state index in [9.17, 15) is 18.3 Å². The van der Waals surface area contributed by atoms with Gasteiger partial charge in [0.05, 0.1) is 10.5 Å². The summed E-state index contributed by atoms with van der Waals surface area (Å²) in [6.45, 7) is 2.09. The molecule has 2 fully saturated rings. The van der Waals surface area contributed by atoms with Gasteiger partial charge in [0.15, 0.2) is 0 Å². The van der Waals surface area contributed by atoms with Gasteiger partial charge in [-0.15, -0.1) is 0 Å². The molecule has 1 aromatic carbocycles. The van der Waals surface area contributed by atoms with E-state index in [2.05, 4.69) is 10.3 Å². The highest BCUT2D eigenvalue weighted by molar-refractivity contribution is 7.89. The average Bonchev–Trinajstić information content (AvgIpc) is 3.16. The fraction of sp³-hybridized carbons (Fsp3) is 0.429. The van der Waals surface area contributed by atoms with Crippen molar-refractivity contribution in [3.05, 3.63) is 54.4 Å². The summed E-state index contributed by atoms with van der Waals surface area (Å²) in [5.41, 5.74) is 0.252. The van der Waals surface area contributed by atoms with Gasteiger partial charge in [0.2, 0.25) is 15.9 Å². The zero-order valence-corrected chi connectivity index (χ0v) is 17.1. The molecule has 1 saturated heterocycles. The second kappa shape index (κ2) is 7.51. The molecule has 0 radical (unpaired) electrons. The third-order valence-corrected chi connectivity index (χ3v) is 7.97. The summed E-state index contributed by atoms with van der Waals surface area (Å²) in [7, 11) is -3.68. The van der Waals surface area contributed by atoms with Crippen LogP contribution in [0.4, 0.5) is 5.69 Å². The monoisotopic (exact) mass is 415 g/mol. The third-order valence-electron chi connectivity index (χ3n) is 6.13. The lowest BCUT2D eigenvalue weighted by Crippen LogP contribution is -2.43. The number of nitrogens with one attached hydrogen (secondary N) is 1. The highest BCUT2D eigenvalue weighted by Crippen LogP contribution is 2.48. The number of carbonyl (C=O) groups excluding carboxylic acids is 1. The number of fused-ring (bicyclic) bond motifs is 1. The van der Waals surface area contributed by atoms with Crippen LogP contribution in [-0.4, -0.2) is 41.8 Å². The Kier molecular flexibility index (Phi) is 5.18. The smallest absolute Gasteiger partial charge is 0.243 e. The van der Waals surface area contributed by atoms with Crippen LogP contribution >= 0.6 is 0 Å². The molecule has 2 aromatic rings. The average molecular weight is 416 g/mol. The number of nitrogens with zero attached hydrogens (tertiary/aromatic N) is 2. The maximum absolute atomic E-state index is 13.2. The zero-order chi connectivity index (χ0) is 20.6. The topological polar surface area (TPSA) is 99.6 Å². The van der Waals surface area contributed by atoms with Gasteiger partial charge >= 0.3 is 0 Å². The van der Waals surface area contributed by atoms with Gasteiger partial charge < -0.3 is 10.4 Å². The fourth-order valence-corrected chi connectivity index (χ4v) is 6.24. The van der Waals surface area contributed by atoms with Gasteiger partial charge in [-0.3, -0.25) is 9.78 Å². The third kappa shape index (κ3) is 3.68. The number of anilines is 1. The molecule has 2 N–H and O–H groups in total. The first-order valence-electron chi connectivity index (χ1n) is 9.81. The molecule has 1 amide bonds. The Bertz CT molecular complexity index is 994. The molecule has 1 aromatic heterocycles. The van der Waals surface area contributed by atoms with Crippen LogP contribution in [0.25, 0.3) is 0 Å². The number of aromatic nitrogens is 1. The largest absolute Gasteiger partial charge is 0.385 e. The molecular formula is C21H25N3O4S. The molecule has 4 rings (SSSR count). The lowest BCUT2D eigenvalue weighted by Gasteiger charge is -2.41. The van der Waals surface area contributed by atoms with E-state index in [1.165, 1.54) is 23.4 Å². The van der Waals surface area contributed by atoms with Crippen molar-refractivity contribution < 1.29 is 18.3 Å². The van der Waals surface area contributed by atoms with Crippen molar-refractivity contribution in [1.82, 2.24) is 9.29 Å². The number of amides is 1. The predicted molar refractivity (Wildman–Crippen MR) is 108 cm³/mol. The van der Waals surface area contributed by atoms with Crippen LogP contribution in [0.15, 0.2) is 53.7 Å². The highest BCUT2D eigenvalue weighted by Gasteiger charge is 2.52. The molecule has 154 valence electrons. The van der Waals surface area contributed by atoms with Crippen molar-refractivity contribution in [3.63, 3.8) is 0 Å². The number of benzene rings is 1. The Hall–Kier alpha value is -2.29. The fourth-order valence-electron chi connectivity index (χ4n) is 4.72. The summed E-state index contributed by atoms with van der Waals surface area (Å²) in [6.07, 6.45) is 5.72. The maximum Gasteiger partial charge on any atom is 0.243 e. The summed E-state index contributed by atoms with van der Waals surface area (Å²) in [5, 5.41) is 14.1. The lowest BCUT2D eigenvalue weighted by molar-refractivity contribution is -0.114. The molecule has 0 unspecified atom stereocenters. The Labute approximate surface area is 170 Å². The van der Waals surface area contributed by atoms with E-state index in [-0.39, 0.29) is 29.2 Å². The van der Waals surface area contributed by atoms with Crippen LogP contribution in [-0.2, 0) is 20.4 Å². The molecule has 29 heavy (non-hydrogen) atoms. The first-order valence-corrected chi connectivity index (χ1v) is 11.3. The van der Waals surface area contributed by atoms with Gasteiger partial charge in [0.1, 0.15) is 0 Å². The van der Waals surface area contributed by atoms with E-state index in [1.807, 2.05) is 6.07 Å². The molecule has 2 heterocycles. The molecule has 1 aliphatic carbocycles. The molecule has 0 bridgehead atoms. The van der Waals surface area contributed by atoms with E-state index in [1.54, 1.807) is 30.6 Å². The summed E-state index contributed by atoms with van der Waals surface area (Å²) < 4.78 is 27.9.